The zero-order chi connectivity index (χ0) is 14.1. The molecule has 104 valence electrons. The first-order valence-electron chi connectivity index (χ1n) is 6.72. The Morgan fingerprint density at radius 2 is 1.90 bits per heavy atom. The van der Waals surface area contributed by atoms with Crippen molar-refractivity contribution in [3.63, 3.8) is 0 Å². The minimum Gasteiger partial charge on any atom is -0.805 e. The number of nitrogens with zero attached hydrogens (tertiary/aromatic N) is 2. The van der Waals surface area contributed by atoms with E-state index in [0.29, 0.717) is 29.9 Å². The van der Waals surface area contributed by atoms with Crippen molar-refractivity contribution in [2.75, 3.05) is 7.11 Å². The van der Waals surface area contributed by atoms with Gasteiger partial charge in [-0.1, -0.05) is 0 Å². The van der Waals surface area contributed by atoms with E-state index in [-0.39, 0.29) is 0 Å². The maximum Gasteiger partial charge on any atom is 0.258 e. The minimum absolute atomic E-state index is 0.392. The highest BCUT2D eigenvalue weighted by Gasteiger charge is 2.23. The molecular weight excluding hydrogens is 256 g/mol. The van der Waals surface area contributed by atoms with E-state index in [1.807, 2.05) is 0 Å². The molecule has 5 heteroatoms. The Balaban J connectivity index is 2.13. The minimum atomic E-state index is 0.392. The molecule has 0 aliphatic heterocycles. The molecule has 20 heavy (non-hydrogen) atoms. The van der Waals surface area contributed by atoms with Crippen molar-refractivity contribution in [2.24, 2.45) is 0 Å². The molecule has 1 aliphatic carbocycles. The molecule has 0 fully saturated rings. The summed E-state index contributed by atoms with van der Waals surface area (Å²) in [6, 6.07) is 7.14. The molecule has 0 bridgehead atoms. The first kappa shape index (κ1) is 12.7. The van der Waals surface area contributed by atoms with Crippen LogP contribution in [0.2, 0.25) is 0 Å². The van der Waals surface area contributed by atoms with Gasteiger partial charge in [-0.05, 0) is 43.5 Å². The van der Waals surface area contributed by atoms with Crippen LogP contribution in [0, 0.1) is 10.1 Å². The average molecular weight is 272 g/mol. The summed E-state index contributed by atoms with van der Waals surface area (Å²) in [6.45, 7) is 0. The average Bonchev–Trinajstić information content (AvgIpc) is 2.51. The van der Waals surface area contributed by atoms with E-state index in [9.17, 15) is 10.1 Å². The predicted molar refractivity (Wildman–Crippen MR) is 75.2 cm³/mol. The summed E-state index contributed by atoms with van der Waals surface area (Å²) < 4.78 is 6.85. The number of fused-ring (bicyclic) bond motifs is 1. The summed E-state index contributed by atoms with van der Waals surface area (Å²) in [5, 5.41) is 12.5. The van der Waals surface area contributed by atoms with Crippen LogP contribution in [0.4, 0.5) is 0 Å². The second-order valence-electron chi connectivity index (χ2n) is 4.96. The van der Waals surface area contributed by atoms with Gasteiger partial charge in [-0.15, -0.1) is 0 Å². The first-order valence-corrected chi connectivity index (χ1v) is 6.72. The predicted octanol–water partition coefficient (Wildman–Crippen LogP) is 2.30. The molecule has 5 nitrogen and oxygen atoms in total. The first-order chi connectivity index (χ1) is 9.70. The van der Waals surface area contributed by atoms with Gasteiger partial charge in [0.25, 0.3) is 11.9 Å². The third-order valence-electron chi connectivity index (χ3n) is 3.77. The Kier molecular flexibility index (Phi) is 3.18. The molecule has 0 radical (unpaired) electrons. The van der Waals surface area contributed by atoms with E-state index in [0.717, 1.165) is 33.3 Å². The summed E-state index contributed by atoms with van der Waals surface area (Å²) in [6.07, 6.45) is 4.66. The van der Waals surface area contributed by atoms with Crippen LogP contribution >= 0.6 is 0 Å². The zero-order valence-corrected chi connectivity index (χ0v) is 11.3. The maximum absolute atomic E-state index is 12.5. The normalized spacial score (nSPS) is 13.8. The summed E-state index contributed by atoms with van der Waals surface area (Å²) in [4.78, 5) is 12.1. The van der Waals surface area contributed by atoms with E-state index in [4.69, 9.17) is 4.74 Å². The Hall–Kier alpha value is -2.30. The molecule has 2 aromatic rings. The van der Waals surface area contributed by atoms with Crippen LogP contribution in [0.5, 0.6) is 5.75 Å². The highest BCUT2D eigenvalue weighted by Crippen LogP contribution is 2.25. The summed E-state index contributed by atoms with van der Waals surface area (Å²) in [5.74, 6) is 0.721. The van der Waals surface area contributed by atoms with Gasteiger partial charge in [0.1, 0.15) is 11.4 Å². The van der Waals surface area contributed by atoms with Crippen molar-refractivity contribution in [2.45, 2.75) is 25.7 Å². The molecule has 0 N–H and O–H groups in total. The highest BCUT2D eigenvalue weighted by atomic mass is 16.5. The number of hydrogen-bond acceptors (Lipinski definition) is 3. The van der Waals surface area contributed by atoms with Crippen LogP contribution in [-0.2, 0) is 12.8 Å². The van der Waals surface area contributed by atoms with E-state index >= 15 is 0 Å². The van der Waals surface area contributed by atoms with Crippen LogP contribution in [-0.4, -0.2) is 11.8 Å². The topological polar surface area (TPSA) is 60.2 Å². The zero-order valence-electron chi connectivity index (χ0n) is 11.3. The smallest absolute Gasteiger partial charge is 0.258 e. The van der Waals surface area contributed by atoms with E-state index in [1.165, 1.54) is 6.20 Å². The fraction of sp³-hybridized carbons (Fsp3) is 0.333. The number of methoxy groups -OCH3 is 1. The highest BCUT2D eigenvalue weighted by molar-refractivity contribution is 5.60. The monoisotopic (exact) mass is 272 g/mol. The molecule has 0 saturated heterocycles. The van der Waals surface area contributed by atoms with Gasteiger partial charge in [-0.25, -0.2) is 0 Å². The molecule has 1 heterocycles. The second-order valence-corrected chi connectivity index (χ2v) is 4.96. The second kappa shape index (κ2) is 5.00. The Bertz CT molecular complexity index is 690. The number of rotatable bonds is 2. The van der Waals surface area contributed by atoms with Gasteiger partial charge in [0.2, 0.25) is 0 Å². The van der Waals surface area contributed by atoms with Crippen LogP contribution in [0.25, 0.3) is 11.3 Å². The van der Waals surface area contributed by atoms with Crippen molar-refractivity contribution in [1.82, 2.24) is 4.73 Å². The van der Waals surface area contributed by atoms with Gasteiger partial charge in [0.15, 0.2) is 0 Å². The SMILES string of the molecule is COc1ccc(-c2c[n+](=O)c3c(n2[O-])CCCC3)cc1. The molecule has 0 amide bonds. The summed E-state index contributed by atoms with van der Waals surface area (Å²) in [5.41, 5.74) is 2.34. The Morgan fingerprint density at radius 1 is 1.20 bits per heavy atom. The number of ether oxygens (including phenoxy) is 1. The lowest BCUT2D eigenvalue weighted by molar-refractivity contribution is -0.506. The lowest BCUT2D eigenvalue weighted by Gasteiger charge is -2.23. The maximum atomic E-state index is 12.5. The molecule has 1 aromatic carbocycles. The molecular formula is C15H16N2O3. The summed E-state index contributed by atoms with van der Waals surface area (Å²) >= 11 is 0. The standard InChI is InChI=1S/C15H16N2O3/c1-20-12-8-6-11(7-9-12)15-10-16(18)13-4-2-3-5-14(13)17(15)19/h6-10H,2-5H2,1H3. The molecule has 0 spiro atoms. The molecule has 0 unspecified atom stereocenters. The lowest BCUT2D eigenvalue weighted by atomic mass is 10.00. The fourth-order valence-electron chi connectivity index (χ4n) is 2.67. The van der Waals surface area contributed by atoms with Crippen LogP contribution < -0.4 is 9.16 Å². The van der Waals surface area contributed by atoms with Crippen molar-refractivity contribution in [3.05, 3.63) is 52.0 Å². The molecule has 0 saturated carbocycles. The van der Waals surface area contributed by atoms with Crippen molar-refractivity contribution >= 4 is 0 Å². The van der Waals surface area contributed by atoms with E-state index < -0.39 is 0 Å². The quantitative estimate of drug-likeness (QED) is 0.788. The van der Waals surface area contributed by atoms with Crippen LogP contribution in [0.3, 0.4) is 0 Å². The van der Waals surface area contributed by atoms with E-state index in [2.05, 4.69) is 0 Å². The third-order valence-corrected chi connectivity index (χ3v) is 3.77. The van der Waals surface area contributed by atoms with Gasteiger partial charge >= 0.3 is 0 Å². The van der Waals surface area contributed by atoms with Gasteiger partial charge in [0, 0.05) is 16.9 Å². The number of benzene rings is 1. The summed E-state index contributed by atoms with van der Waals surface area (Å²) in [7, 11) is 1.59. The fourth-order valence-corrected chi connectivity index (χ4v) is 2.67. The molecule has 1 aliphatic rings. The van der Waals surface area contributed by atoms with Gasteiger partial charge in [-0.3, -0.25) is 0 Å². The molecule has 0 atom stereocenters. The van der Waals surface area contributed by atoms with Gasteiger partial charge < -0.3 is 14.7 Å². The third kappa shape index (κ3) is 2.05. The van der Waals surface area contributed by atoms with Crippen molar-refractivity contribution in [3.8, 4) is 17.0 Å². The van der Waals surface area contributed by atoms with Gasteiger partial charge in [0.05, 0.1) is 17.2 Å². The van der Waals surface area contributed by atoms with Crippen molar-refractivity contribution < 1.29 is 9.16 Å². The Morgan fingerprint density at radius 3 is 2.60 bits per heavy atom. The van der Waals surface area contributed by atoms with E-state index in [1.54, 1.807) is 31.4 Å². The molecule has 1 aromatic heterocycles. The van der Waals surface area contributed by atoms with Gasteiger partial charge in [-0.2, -0.15) is 0 Å². The number of hydrogen-bond donors (Lipinski definition) is 0. The lowest BCUT2D eigenvalue weighted by Crippen LogP contribution is -2.29. The van der Waals surface area contributed by atoms with Crippen LogP contribution in [0.15, 0.2) is 30.5 Å². The molecule has 3 rings (SSSR count). The van der Waals surface area contributed by atoms with Crippen LogP contribution in [0.1, 0.15) is 24.2 Å². The largest absolute Gasteiger partial charge is 0.805 e. The Labute approximate surface area is 116 Å². The van der Waals surface area contributed by atoms with Crippen molar-refractivity contribution in [1.29, 1.82) is 0 Å². The number of aromatic nitrogens is 2.